The molecule has 0 saturated carbocycles. The third kappa shape index (κ3) is 4.59. The maximum Gasteiger partial charge on any atom is 0.327 e. The number of hydrogen-bond acceptors (Lipinski definition) is 4. The van der Waals surface area contributed by atoms with Crippen LogP contribution in [0.15, 0.2) is 67.0 Å². The topological polar surface area (TPSA) is 105 Å². The first-order valence-corrected chi connectivity index (χ1v) is 8.53. The van der Waals surface area contributed by atoms with E-state index in [0.29, 0.717) is 5.69 Å². The zero-order chi connectivity index (χ0) is 19.2. The first-order chi connectivity index (χ1) is 13.0. The van der Waals surface area contributed by atoms with E-state index in [1.807, 2.05) is 42.5 Å². The monoisotopic (exact) mass is 363 g/mol. The number of nitrogens with one attached hydrogen (secondary N) is 3. The summed E-state index contributed by atoms with van der Waals surface area (Å²) in [5, 5.41) is 27.3. The van der Waals surface area contributed by atoms with Crippen molar-refractivity contribution >= 4 is 17.6 Å². The fourth-order valence-electron chi connectivity index (χ4n) is 2.60. The quantitative estimate of drug-likeness (QED) is 0.412. The minimum absolute atomic E-state index is 0.161. The smallest absolute Gasteiger partial charge is 0.327 e. The molecular formula is C20H21N5O2. The van der Waals surface area contributed by atoms with E-state index in [4.69, 9.17) is 5.41 Å². The molecule has 7 nitrogen and oxygen atoms in total. The van der Waals surface area contributed by atoms with E-state index in [-0.39, 0.29) is 12.4 Å². The third-order valence-electron chi connectivity index (χ3n) is 4.08. The van der Waals surface area contributed by atoms with Crippen LogP contribution in [0.1, 0.15) is 12.5 Å². The van der Waals surface area contributed by atoms with Gasteiger partial charge in [0.25, 0.3) is 0 Å². The van der Waals surface area contributed by atoms with Crippen molar-refractivity contribution < 1.29 is 9.90 Å². The zero-order valence-corrected chi connectivity index (χ0v) is 14.9. The highest BCUT2D eigenvalue weighted by Crippen LogP contribution is 2.20. The van der Waals surface area contributed by atoms with Crippen LogP contribution in [0.2, 0.25) is 0 Å². The summed E-state index contributed by atoms with van der Waals surface area (Å²) in [6.45, 7) is 1.66. The van der Waals surface area contributed by atoms with Gasteiger partial charge in [-0.3, -0.25) is 15.4 Å². The lowest BCUT2D eigenvalue weighted by Crippen LogP contribution is -2.43. The van der Waals surface area contributed by atoms with Gasteiger partial charge in [-0.1, -0.05) is 42.5 Å². The van der Waals surface area contributed by atoms with E-state index in [9.17, 15) is 9.90 Å². The Bertz CT molecular complexity index is 890. The summed E-state index contributed by atoms with van der Waals surface area (Å²) in [5.74, 6) is -0.161. The van der Waals surface area contributed by atoms with Gasteiger partial charge in [0.15, 0.2) is 0 Å². The SMILES string of the molecule is CC(O)C(=N)N(Cc1ccccc1)C(=O)Nc1ccc(-c2cn[nH]c2)cc1. The Morgan fingerprint density at radius 3 is 2.48 bits per heavy atom. The normalized spacial score (nSPS) is 11.6. The molecule has 4 N–H and O–H groups in total. The molecule has 1 aromatic heterocycles. The Hall–Kier alpha value is -3.45. The molecule has 2 amide bonds. The number of H-pyrrole nitrogens is 1. The number of carbonyl (C=O) groups excluding carboxylic acids is 1. The van der Waals surface area contributed by atoms with Crippen LogP contribution >= 0.6 is 0 Å². The summed E-state index contributed by atoms with van der Waals surface area (Å²) in [7, 11) is 0. The Kier molecular flexibility index (Phi) is 5.63. The number of rotatable bonds is 5. The fourth-order valence-corrected chi connectivity index (χ4v) is 2.60. The first-order valence-electron chi connectivity index (χ1n) is 8.53. The molecular weight excluding hydrogens is 342 g/mol. The standard InChI is InChI=1S/C20H21N5O2/c1-14(26)19(21)25(13-15-5-3-2-4-6-15)20(27)24-18-9-7-16(8-10-18)17-11-22-23-12-17/h2-12,14,21,26H,13H2,1H3,(H,22,23)(H,24,27). The third-order valence-corrected chi connectivity index (χ3v) is 4.08. The predicted molar refractivity (Wildman–Crippen MR) is 104 cm³/mol. The average Bonchev–Trinajstić information content (AvgIpc) is 3.21. The second-order valence-electron chi connectivity index (χ2n) is 6.13. The summed E-state index contributed by atoms with van der Waals surface area (Å²) < 4.78 is 0. The summed E-state index contributed by atoms with van der Waals surface area (Å²) in [5.41, 5.74) is 3.39. The zero-order valence-electron chi connectivity index (χ0n) is 14.9. The molecule has 0 aliphatic heterocycles. The van der Waals surface area contributed by atoms with Crippen LogP contribution in [0.25, 0.3) is 11.1 Å². The molecule has 1 unspecified atom stereocenters. The van der Waals surface area contributed by atoms with E-state index in [1.165, 1.54) is 11.8 Å². The predicted octanol–water partition coefficient (Wildman–Crippen LogP) is 3.47. The molecule has 1 heterocycles. The first kappa shape index (κ1) is 18.3. The van der Waals surface area contributed by atoms with Crippen LogP contribution in [0.4, 0.5) is 10.5 Å². The minimum atomic E-state index is -1.05. The molecule has 0 saturated heterocycles. The number of benzene rings is 2. The van der Waals surface area contributed by atoms with E-state index < -0.39 is 12.1 Å². The number of aromatic amines is 1. The minimum Gasteiger partial charge on any atom is -0.385 e. The van der Waals surface area contributed by atoms with Crippen molar-refractivity contribution in [2.24, 2.45) is 0 Å². The van der Waals surface area contributed by atoms with Crippen LogP contribution in [-0.2, 0) is 6.54 Å². The van der Waals surface area contributed by atoms with Crippen molar-refractivity contribution in [3.05, 3.63) is 72.6 Å². The maximum absolute atomic E-state index is 12.7. The van der Waals surface area contributed by atoms with E-state index >= 15 is 0 Å². The number of urea groups is 1. The summed E-state index contributed by atoms with van der Waals surface area (Å²) in [6.07, 6.45) is 2.46. The van der Waals surface area contributed by atoms with Crippen molar-refractivity contribution in [1.82, 2.24) is 15.1 Å². The molecule has 7 heteroatoms. The Morgan fingerprint density at radius 2 is 1.89 bits per heavy atom. The number of anilines is 1. The van der Waals surface area contributed by atoms with Gasteiger partial charge in [-0.15, -0.1) is 0 Å². The lowest BCUT2D eigenvalue weighted by molar-refractivity contribution is 0.214. The van der Waals surface area contributed by atoms with Gasteiger partial charge in [0.1, 0.15) is 11.9 Å². The van der Waals surface area contributed by atoms with Gasteiger partial charge in [-0.25, -0.2) is 4.79 Å². The molecule has 2 aromatic carbocycles. The van der Waals surface area contributed by atoms with Gasteiger partial charge in [0, 0.05) is 17.4 Å². The molecule has 0 fully saturated rings. The van der Waals surface area contributed by atoms with E-state index in [1.54, 1.807) is 24.5 Å². The molecule has 1 atom stereocenters. The van der Waals surface area contributed by atoms with Crippen molar-refractivity contribution in [3.63, 3.8) is 0 Å². The molecule has 138 valence electrons. The molecule has 0 bridgehead atoms. The molecule has 0 spiro atoms. The van der Waals surface area contributed by atoms with E-state index in [2.05, 4.69) is 15.5 Å². The Morgan fingerprint density at radius 1 is 1.19 bits per heavy atom. The molecule has 0 aliphatic carbocycles. The van der Waals surface area contributed by atoms with Gasteiger partial charge < -0.3 is 10.4 Å². The number of aromatic nitrogens is 2. The number of nitrogens with zero attached hydrogens (tertiary/aromatic N) is 2. The summed E-state index contributed by atoms with van der Waals surface area (Å²) in [4.78, 5) is 14.0. The van der Waals surface area contributed by atoms with Crippen LogP contribution in [0.3, 0.4) is 0 Å². The summed E-state index contributed by atoms with van der Waals surface area (Å²) in [6, 6.07) is 16.2. The lowest BCUT2D eigenvalue weighted by atomic mass is 10.1. The van der Waals surface area contributed by atoms with Crippen LogP contribution in [-0.4, -0.2) is 38.2 Å². The molecule has 0 aliphatic rings. The van der Waals surface area contributed by atoms with Crippen LogP contribution in [0, 0.1) is 5.41 Å². The number of carbonyl (C=O) groups is 1. The highest BCUT2D eigenvalue weighted by Gasteiger charge is 2.22. The van der Waals surface area contributed by atoms with Gasteiger partial charge in [0.2, 0.25) is 0 Å². The Balaban J connectivity index is 1.74. The maximum atomic E-state index is 12.7. The van der Waals surface area contributed by atoms with Crippen LogP contribution < -0.4 is 5.32 Å². The molecule has 27 heavy (non-hydrogen) atoms. The second-order valence-corrected chi connectivity index (χ2v) is 6.13. The lowest BCUT2D eigenvalue weighted by Gasteiger charge is -2.25. The van der Waals surface area contributed by atoms with Crippen molar-refractivity contribution in [3.8, 4) is 11.1 Å². The van der Waals surface area contributed by atoms with Gasteiger partial charge in [-0.05, 0) is 30.2 Å². The van der Waals surface area contributed by atoms with Gasteiger partial charge >= 0.3 is 6.03 Å². The van der Waals surface area contributed by atoms with Crippen LogP contribution in [0.5, 0.6) is 0 Å². The Labute approximate surface area is 157 Å². The fraction of sp³-hybridized carbons (Fsp3) is 0.150. The molecule has 0 radical (unpaired) electrons. The molecule has 3 aromatic rings. The van der Waals surface area contributed by atoms with Crippen molar-refractivity contribution in [2.75, 3.05) is 5.32 Å². The summed E-state index contributed by atoms with van der Waals surface area (Å²) >= 11 is 0. The molecule has 3 rings (SSSR count). The van der Waals surface area contributed by atoms with Crippen molar-refractivity contribution in [2.45, 2.75) is 19.6 Å². The van der Waals surface area contributed by atoms with Gasteiger partial charge in [-0.2, -0.15) is 5.10 Å². The number of aliphatic hydroxyl groups is 1. The number of amidine groups is 1. The largest absolute Gasteiger partial charge is 0.385 e. The highest BCUT2D eigenvalue weighted by molar-refractivity contribution is 6.03. The highest BCUT2D eigenvalue weighted by atomic mass is 16.3. The second kappa shape index (κ2) is 8.29. The number of hydrogen-bond donors (Lipinski definition) is 4. The number of aliphatic hydroxyl groups excluding tert-OH is 1. The van der Waals surface area contributed by atoms with E-state index in [0.717, 1.165) is 16.7 Å². The van der Waals surface area contributed by atoms with Crippen molar-refractivity contribution in [1.29, 1.82) is 5.41 Å². The van der Waals surface area contributed by atoms with Gasteiger partial charge in [0.05, 0.1) is 12.7 Å². The number of amides is 2. The average molecular weight is 363 g/mol.